The standard InChI is InChI=1S/C14H20ClN3O2S/c1-18-7-16-14(13(18)15)21(19,20)17-12-6-8-5-11(12)10-4-2-3-9(8)10/h7-12,17H,2-6H2,1H3. The van der Waals surface area contributed by atoms with Crippen LogP contribution in [0.1, 0.15) is 32.1 Å². The minimum atomic E-state index is -3.62. The zero-order valence-electron chi connectivity index (χ0n) is 12.0. The number of sulfonamides is 1. The molecule has 3 fully saturated rings. The number of hydrogen-bond acceptors (Lipinski definition) is 3. The molecule has 0 saturated heterocycles. The molecular weight excluding hydrogens is 310 g/mol. The van der Waals surface area contributed by atoms with E-state index in [4.69, 9.17) is 11.6 Å². The summed E-state index contributed by atoms with van der Waals surface area (Å²) in [5.74, 6) is 2.82. The average Bonchev–Trinajstić information content (AvgIpc) is 3.12. The van der Waals surface area contributed by atoms with E-state index in [1.165, 1.54) is 36.6 Å². The van der Waals surface area contributed by atoms with Crippen LogP contribution in [0.15, 0.2) is 11.4 Å². The number of aromatic nitrogens is 2. The second-order valence-corrected chi connectivity index (χ2v) is 8.82. The molecule has 5 unspecified atom stereocenters. The van der Waals surface area contributed by atoms with Crippen molar-refractivity contribution in [3.05, 3.63) is 11.5 Å². The molecule has 5 nitrogen and oxygen atoms in total. The first-order valence-corrected chi connectivity index (χ1v) is 9.52. The van der Waals surface area contributed by atoms with Crippen LogP contribution in [0.2, 0.25) is 5.15 Å². The number of imidazole rings is 1. The van der Waals surface area contributed by atoms with Crippen molar-refractivity contribution < 1.29 is 8.42 Å². The molecule has 0 amide bonds. The Morgan fingerprint density at radius 2 is 2.05 bits per heavy atom. The smallest absolute Gasteiger partial charge is 0.261 e. The monoisotopic (exact) mass is 329 g/mol. The van der Waals surface area contributed by atoms with E-state index in [1.54, 1.807) is 7.05 Å². The van der Waals surface area contributed by atoms with E-state index in [2.05, 4.69) is 9.71 Å². The number of rotatable bonds is 3. The Labute approximate surface area is 130 Å². The number of fused-ring (bicyclic) bond motifs is 5. The van der Waals surface area contributed by atoms with E-state index >= 15 is 0 Å². The molecule has 0 aliphatic heterocycles. The van der Waals surface area contributed by atoms with E-state index in [0.29, 0.717) is 5.92 Å². The van der Waals surface area contributed by atoms with Crippen molar-refractivity contribution in [1.82, 2.24) is 14.3 Å². The molecule has 3 saturated carbocycles. The zero-order valence-corrected chi connectivity index (χ0v) is 13.6. The molecule has 116 valence electrons. The first-order valence-electron chi connectivity index (χ1n) is 7.66. The summed E-state index contributed by atoms with van der Waals surface area (Å²) in [7, 11) is -1.93. The highest BCUT2D eigenvalue weighted by Gasteiger charge is 2.54. The fourth-order valence-corrected chi connectivity index (χ4v) is 6.76. The molecule has 5 atom stereocenters. The van der Waals surface area contributed by atoms with Crippen molar-refractivity contribution >= 4 is 21.6 Å². The molecule has 0 spiro atoms. The number of hydrogen-bond donors (Lipinski definition) is 1. The van der Waals surface area contributed by atoms with Gasteiger partial charge in [-0.1, -0.05) is 18.0 Å². The Balaban J connectivity index is 1.56. The number of nitrogens with zero attached hydrogens (tertiary/aromatic N) is 2. The van der Waals surface area contributed by atoms with Crippen molar-refractivity contribution in [3.8, 4) is 0 Å². The molecule has 3 aliphatic rings. The van der Waals surface area contributed by atoms with Crippen molar-refractivity contribution in [2.45, 2.75) is 43.2 Å². The van der Waals surface area contributed by atoms with Gasteiger partial charge in [0, 0.05) is 13.1 Å². The van der Waals surface area contributed by atoms with Crippen LogP contribution in [-0.4, -0.2) is 24.0 Å². The summed E-state index contributed by atoms with van der Waals surface area (Å²) in [6.07, 6.45) is 7.54. The van der Waals surface area contributed by atoms with Crippen molar-refractivity contribution in [2.75, 3.05) is 0 Å². The van der Waals surface area contributed by atoms with Crippen LogP contribution < -0.4 is 4.72 Å². The third-order valence-electron chi connectivity index (χ3n) is 5.82. The summed E-state index contributed by atoms with van der Waals surface area (Å²) < 4.78 is 29.4. The van der Waals surface area contributed by atoms with E-state index in [1.807, 2.05) is 0 Å². The van der Waals surface area contributed by atoms with Crippen LogP contribution in [0.5, 0.6) is 0 Å². The Morgan fingerprint density at radius 1 is 1.29 bits per heavy atom. The number of nitrogens with one attached hydrogen (secondary N) is 1. The van der Waals surface area contributed by atoms with Gasteiger partial charge in [-0.05, 0) is 49.4 Å². The average molecular weight is 330 g/mol. The molecule has 0 radical (unpaired) electrons. The van der Waals surface area contributed by atoms with E-state index in [9.17, 15) is 8.42 Å². The summed E-state index contributed by atoms with van der Waals surface area (Å²) in [6.45, 7) is 0. The molecule has 1 aromatic heterocycles. The molecule has 1 aromatic rings. The highest BCUT2D eigenvalue weighted by atomic mass is 35.5. The maximum atomic E-state index is 12.5. The summed E-state index contributed by atoms with van der Waals surface area (Å²) in [5.41, 5.74) is 0. The normalized spacial score (nSPS) is 38.1. The van der Waals surface area contributed by atoms with E-state index in [-0.39, 0.29) is 16.2 Å². The molecule has 21 heavy (non-hydrogen) atoms. The molecule has 4 rings (SSSR count). The first kappa shape index (κ1) is 14.0. The minimum Gasteiger partial charge on any atom is -0.324 e. The maximum Gasteiger partial charge on any atom is 0.261 e. The van der Waals surface area contributed by atoms with Gasteiger partial charge in [0.25, 0.3) is 10.0 Å². The molecule has 3 aliphatic carbocycles. The fraction of sp³-hybridized carbons (Fsp3) is 0.786. The first-order chi connectivity index (χ1) is 9.97. The molecule has 7 heteroatoms. The largest absolute Gasteiger partial charge is 0.324 e. The lowest BCUT2D eigenvalue weighted by Crippen LogP contribution is -2.42. The Hall–Kier alpha value is -0.590. The lowest BCUT2D eigenvalue weighted by Gasteiger charge is -2.31. The SMILES string of the molecule is Cn1cnc(S(=O)(=O)NC2CC3CC2C2CCCC32)c1Cl. The Morgan fingerprint density at radius 3 is 2.76 bits per heavy atom. The van der Waals surface area contributed by atoms with Gasteiger partial charge in [-0.15, -0.1) is 0 Å². The highest BCUT2D eigenvalue weighted by Crippen LogP contribution is 2.58. The van der Waals surface area contributed by atoms with Gasteiger partial charge in [-0.25, -0.2) is 18.1 Å². The molecular formula is C14H20ClN3O2S. The molecule has 1 heterocycles. The molecule has 0 aromatic carbocycles. The topological polar surface area (TPSA) is 64.0 Å². The lowest BCUT2D eigenvalue weighted by atomic mass is 9.79. The summed E-state index contributed by atoms with van der Waals surface area (Å²) in [5, 5.41) is 0.127. The van der Waals surface area contributed by atoms with Crippen LogP contribution >= 0.6 is 11.6 Å². The Kier molecular flexibility index (Phi) is 3.14. The second kappa shape index (κ2) is 4.70. The van der Waals surface area contributed by atoms with Gasteiger partial charge in [0.1, 0.15) is 5.15 Å². The van der Waals surface area contributed by atoms with Gasteiger partial charge in [-0.2, -0.15) is 0 Å². The molecule has 1 N–H and O–H groups in total. The van der Waals surface area contributed by atoms with Crippen LogP contribution in [0, 0.1) is 23.7 Å². The van der Waals surface area contributed by atoms with Gasteiger partial charge in [0.2, 0.25) is 5.03 Å². The predicted molar refractivity (Wildman–Crippen MR) is 79.4 cm³/mol. The molecule has 2 bridgehead atoms. The second-order valence-electron chi connectivity index (χ2n) is 6.83. The zero-order chi connectivity index (χ0) is 14.8. The van der Waals surface area contributed by atoms with Gasteiger partial charge in [-0.3, -0.25) is 0 Å². The third-order valence-corrected chi connectivity index (χ3v) is 7.80. The van der Waals surface area contributed by atoms with Crippen LogP contribution in [-0.2, 0) is 17.1 Å². The van der Waals surface area contributed by atoms with E-state index < -0.39 is 10.0 Å². The summed E-state index contributed by atoms with van der Waals surface area (Å²) >= 11 is 6.03. The highest BCUT2D eigenvalue weighted by molar-refractivity contribution is 7.89. The quantitative estimate of drug-likeness (QED) is 0.924. The maximum absolute atomic E-state index is 12.5. The van der Waals surface area contributed by atoms with Crippen molar-refractivity contribution in [3.63, 3.8) is 0 Å². The van der Waals surface area contributed by atoms with Crippen molar-refractivity contribution in [2.24, 2.45) is 30.7 Å². The summed E-state index contributed by atoms with van der Waals surface area (Å²) in [6, 6.07) is 0.0671. The van der Waals surface area contributed by atoms with Gasteiger partial charge >= 0.3 is 0 Å². The lowest BCUT2D eigenvalue weighted by molar-refractivity contribution is 0.224. The van der Waals surface area contributed by atoms with Gasteiger partial charge in [0.05, 0.1) is 6.33 Å². The predicted octanol–water partition coefficient (Wildman–Crippen LogP) is 2.18. The van der Waals surface area contributed by atoms with Crippen molar-refractivity contribution in [1.29, 1.82) is 0 Å². The minimum absolute atomic E-state index is 0.0441. The van der Waals surface area contributed by atoms with Crippen LogP contribution in [0.25, 0.3) is 0 Å². The summed E-state index contributed by atoms with van der Waals surface area (Å²) in [4.78, 5) is 3.94. The number of halogens is 1. The fourth-order valence-electron chi connectivity index (χ4n) is 5.03. The Bertz CT molecular complexity index is 672. The van der Waals surface area contributed by atoms with Gasteiger partial charge in [0.15, 0.2) is 0 Å². The van der Waals surface area contributed by atoms with Gasteiger partial charge < -0.3 is 4.57 Å². The van der Waals surface area contributed by atoms with Crippen LogP contribution in [0.3, 0.4) is 0 Å². The number of aryl methyl sites for hydroxylation is 1. The van der Waals surface area contributed by atoms with E-state index in [0.717, 1.165) is 24.2 Å². The third kappa shape index (κ3) is 2.06. The van der Waals surface area contributed by atoms with Crippen LogP contribution in [0.4, 0.5) is 0 Å².